The second-order valence-electron chi connectivity index (χ2n) is 5.56. The molecule has 5 nitrogen and oxygen atoms in total. The molecule has 3 N–H and O–H groups in total. The number of benzene rings is 1. The van der Waals surface area contributed by atoms with Crippen molar-refractivity contribution in [2.24, 2.45) is 5.92 Å². The molecule has 3 saturated heterocycles. The zero-order valence-corrected chi connectivity index (χ0v) is 13.5. The van der Waals surface area contributed by atoms with Crippen molar-refractivity contribution in [1.29, 1.82) is 0 Å². The summed E-state index contributed by atoms with van der Waals surface area (Å²) in [5.41, 5.74) is 6.14. The zero-order chi connectivity index (χ0) is 14.3. The van der Waals surface area contributed by atoms with E-state index in [1.165, 1.54) is 6.07 Å². The van der Waals surface area contributed by atoms with Gasteiger partial charge in [-0.25, -0.2) is 13.1 Å². The monoisotopic (exact) mass is 359 g/mol. The molecule has 0 saturated carbocycles. The van der Waals surface area contributed by atoms with Gasteiger partial charge in [0, 0.05) is 22.7 Å². The Balaban J connectivity index is 1.84. The molecule has 20 heavy (non-hydrogen) atoms. The first-order valence-corrected chi connectivity index (χ1v) is 9.03. The van der Waals surface area contributed by atoms with Crippen LogP contribution in [0.1, 0.15) is 12.8 Å². The van der Waals surface area contributed by atoms with Crippen molar-refractivity contribution in [3.05, 3.63) is 22.7 Å². The van der Waals surface area contributed by atoms with Crippen LogP contribution in [0.5, 0.6) is 0 Å². The zero-order valence-electron chi connectivity index (χ0n) is 11.0. The lowest BCUT2D eigenvalue weighted by Crippen LogP contribution is -2.57. The van der Waals surface area contributed by atoms with Crippen LogP contribution < -0.4 is 10.5 Å². The van der Waals surface area contributed by atoms with Gasteiger partial charge in [0.15, 0.2) is 0 Å². The van der Waals surface area contributed by atoms with Crippen molar-refractivity contribution >= 4 is 31.6 Å². The quantitative estimate of drug-likeness (QED) is 0.800. The Morgan fingerprint density at radius 1 is 1.30 bits per heavy atom. The lowest BCUT2D eigenvalue weighted by atomic mass is 9.85. The van der Waals surface area contributed by atoms with Crippen molar-refractivity contribution in [1.82, 2.24) is 9.62 Å². The number of halogens is 1. The van der Waals surface area contributed by atoms with Gasteiger partial charge in [-0.15, -0.1) is 0 Å². The van der Waals surface area contributed by atoms with Crippen LogP contribution in [-0.2, 0) is 10.0 Å². The van der Waals surface area contributed by atoms with Crippen LogP contribution >= 0.6 is 15.9 Å². The fourth-order valence-electron chi connectivity index (χ4n) is 3.09. The van der Waals surface area contributed by atoms with Crippen LogP contribution in [-0.4, -0.2) is 39.0 Å². The highest BCUT2D eigenvalue weighted by Crippen LogP contribution is 2.30. The van der Waals surface area contributed by atoms with Gasteiger partial charge in [0.1, 0.15) is 0 Å². The Hall–Kier alpha value is -0.630. The first kappa shape index (κ1) is 14.3. The fourth-order valence-corrected chi connectivity index (χ4v) is 5.38. The van der Waals surface area contributed by atoms with Crippen LogP contribution in [0.25, 0.3) is 0 Å². The number of hydrogen-bond acceptors (Lipinski definition) is 4. The number of anilines is 1. The Morgan fingerprint density at radius 3 is 2.60 bits per heavy atom. The minimum atomic E-state index is -3.54. The number of fused-ring (bicyclic) bond motifs is 3. The Labute approximate surface area is 127 Å². The number of nitrogen functional groups attached to an aromatic ring is 1. The highest BCUT2D eigenvalue weighted by Gasteiger charge is 2.36. The number of nitrogens with zero attached hydrogens (tertiary/aromatic N) is 1. The molecule has 2 bridgehead atoms. The number of rotatable bonds is 3. The summed E-state index contributed by atoms with van der Waals surface area (Å²) in [7, 11) is -3.54. The van der Waals surface area contributed by atoms with Crippen LogP contribution in [0.4, 0.5) is 5.69 Å². The van der Waals surface area contributed by atoms with Crippen molar-refractivity contribution in [3.63, 3.8) is 0 Å². The van der Waals surface area contributed by atoms with Crippen molar-refractivity contribution in [2.75, 3.05) is 25.4 Å². The molecule has 3 aliphatic rings. The molecule has 0 amide bonds. The fraction of sp³-hybridized carbons (Fsp3) is 0.538. The molecule has 0 aromatic heterocycles. The molecule has 4 rings (SSSR count). The number of hydrogen-bond donors (Lipinski definition) is 2. The second-order valence-corrected chi connectivity index (χ2v) is 8.09. The predicted molar refractivity (Wildman–Crippen MR) is 81.8 cm³/mol. The predicted octanol–water partition coefficient (Wildman–Crippen LogP) is 1.40. The maximum absolute atomic E-state index is 12.5. The lowest BCUT2D eigenvalue weighted by Gasteiger charge is -2.44. The summed E-state index contributed by atoms with van der Waals surface area (Å²) < 4.78 is 28.5. The highest BCUT2D eigenvalue weighted by molar-refractivity contribution is 9.10. The van der Waals surface area contributed by atoms with Gasteiger partial charge in [-0.2, -0.15) is 0 Å². The van der Waals surface area contributed by atoms with Crippen LogP contribution in [0.3, 0.4) is 0 Å². The summed E-state index contributed by atoms with van der Waals surface area (Å²) in [6, 6.07) is 4.85. The van der Waals surface area contributed by atoms with Gasteiger partial charge in [0.2, 0.25) is 10.0 Å². The Bertz CT molecular complexity index is 612. The molecule has 7 heteroatoms. The third-order valence-corrected chi connectivity index (χ3v) is 6.69. The first-order chi connectivity index (χ1) is 9.45. The molecule has 110 valence electrons. The summed E-state index contributed by atoms with van der Waals surface area (Å²) in [4.78, 5) is 2.54. The first-order valence-electron chi connectivity index (χ1n) is 6.75. The van der Waals surface area contributed by atoms with Gasteiger partial charge in [0.25, 0.3) is 0 Å². The van der Waals surface area contributed by atoms with E-state index >= 15 is 0 Å². The normalized spacial score (nSPS) is 29.6. The van der Waals surface area contributed by atoms with E-state index in [0.717, 1.165) is 32.5 Å². The summed E-state index contributed by atoms with van der Waals surface area (Å²) in [5.74, 6) is 0.453. The average molecular weight is 360 g/mol. The van der Waals surface area contributed by atoms with E-state index in [1.54, 1.807) is 12.1 Å². The summed E-state index contributed by atoms with van der Waals surface area (Å²) in [5, 5.41) is 0. The van der Waals surface area contributed by atoms with Gasteiger partial charge in [-0.3, -0.25) is 0 Å². The summed E-state index contributed by atoms with van der Waals surface area (Å²) in [6.07, 6.45) is 2.15. The molecule has 1 aromatic carbocycles. The molecular weight excluding hydrogens is 342 g/mol. The maximum atomic E-state index is 12.5. The summed E-state index contributed by atoms with van der Waals surface area (Å²) >= 11 is 3.29. The second kappa shape index (κ2) is 5.29. The minimum Gasteiger partial charge on any atom is -0.399 e. The molecule has 3 heterocycles. The molecular formula is C13H18BrN3O2S. The van der Waals surface area contributed by atoms with Crippen molar-refractivity contribution < 1.29 is 8.42 Å². The number of nitrogens with one attached hydrogen (secondary N) is 1. The van der Waals surface area contributed by atoms with Gasteiger partial charge >= 0.3 is 0 Å². The molecule has 3 fully saturated rings. The van der Waals surface area contributed by atoms with Gasteiger partial charge in [0.05, 0.1) is 4.90 Å². The van der Waals surface area contributed by atoms with E-state index in [2.05, 4.69) is 25.6 Å². The van der Waals surface area contributed by atoms with E-state index in [1.807, 2.05) is 0 Å². The van der Waals surface area contributed by atoms with E-state index in [0.29, 0.717) is 16.1 Å². The molecule has 0 radical (unpaired) electrons. The number of sulfonamides is 1. The third-order valence-electron chi connectivity index (χ3n) is 4.21. The standard InChI is InChI=1S/C13H18BrN3O2S/c14-11-2-1-10(15)7-13(11)20(18,19)16-12-8-17-5-3-9(12)4-6-17/h1-2,7,9,12,16H,3-6,8,15H2. The Kier molecular flexibility index (Phi) is 3.79. The number of nitrogens with two attached hydrogens (primary N) is 1. The van der Waals surface area contributed by atoms with Gasteiger partial charge in [-0.1, -0.05) is 0 Å². The van der Waals surface area contributed by atoms with Gasteiger partial charge in [-0.05, 0) is 66.0 Å². The number of piperidine rings is 3. The lowest BCUT2D eigenvalue weighted by molar-refractivity contribution is 0.0827. The van der Waals surface area contributed by atoms with Crippen molar-refractivity contribution in [3.8, 4) is 0 Å². The molecule has 1 atom stereocenters. The molecule has 0 spiro atoms. The largest absolute Gasteiger partial charge is 0.399 e. The molecule has 1 aromatic rings. The van der Waals surface area contributed by atoms with Crippen LogP contribution in [0, 0.1) is 5.92 Å². The SMILES string of the molecule is Nc1ccc(Br)c(S(=O)(=O)NC2CN3CCC2CC3)c1. The van der Waals surface area contributed by atoms with E-state index in [9.17, 15) is 8.42 Å². The topological polar surface area (TPSA) is 75.4 Å². The smallest absolute Gasteiger partial charge is 0.242 e. The van der Waals surface area contributed by atoms with E-state index in [4.69, 9.17) is 5.73 Å². The average Bonchev–Trinajstić information content (AvgIpc) is 2.42. The minimum absolute atomic E-state index is 0.0100. The highest BCUT2D eigenvalue weighted by atomic mass is 79.9. The molecule has 3 aliphatic heterocycles. The van der Waals surface area contributed by atoms with Crippen molar-refractivity contribution in [2.45, 2.75) is 23.8 Å². The van der Waals surface area contributed by atoms with E-state index < -0.39 is 10.0 Å². The van der Waals surface area contributed by atoms with Gasteiger partial charge < -0.3 is 10.6 Å². The van der Waals surface area contributed by atoms with Crippen LogP contribution in [0.15, 0.2) is 27.6 Å². The maximum Gasteiger partial charge on any atom is 0.242 e. The van der Waals surface area contributed by atoms with E-state index in [-0.39, 0.29) is 10.9 Å². The molecule has 0 aliphatic carbocycles. The Morgan fingerprint density at radius 2 is 2.00 bits per heavy atom. The van der Waals surface area contributed by atoms with Crippen LogP contribution in [0.2, 0.25) is 0 Å². The third kappa shape index (κ3) is 2.72. The summed E-state index contributed by atoms with van der Waals surface area (Å²) in [6.45, 7) is 2.99. The molecule has 1 unspecified atom stereocenters.